The molecule has 5 rings (SSSR count). The molecular formula is C20H22ClN9. The van der Waals surface area contributed by atoms with Gasteiger partial charge in [-0.3, -0.25) is 0 Å². The van der Waals surface area contributed by atoms with Crippen molar-refractivity contribution in [3.05, 3.63) is 59.5 Å². The summed E-state index contributed by atoms with van der Waals surface area (Å²) in [5.74, 6) is 1.23. The van der Waals surface area contributed by atoms with Crippen molar-refractivity contribution in [1.29, 1.82) is 0 Å². The van der Waals surface area contributed by atoms with E-state index in [0.29, 0.717) is 29.1 Å². The number of hydrogen-bond donors (Lipinski definition) is 2. The predicted molar refractivity (Wildman–Crippen MR) is 116 cm³/mol. The molecule has 0 spiro atoms. The van der Waals surface area contributed by atoms with Gasteiger partial charge in [-0.25, -0.2) is 4.68 Å². The van der Waals surface area contributed by atoms with Gasteiger partial charge in [0.1, 0.15) is 5.02 Å². The first-order chi connectivity index (χ1) is 14.7. The number of benzene rings is 1. The quantitative estimate of drug-likeness (QED) is 0.508. The van der Waals surface area contributed by atoms with E-state index < -0.39 is 0 Å². The number of halogens is 1. The number of hydrogen-bond acceptors (Lipinski definition) is 7. The highest BCUT2D eigenvalue weighted by molar-refractivity contribution is 6.33. The molecule has 0 unspecified atom stereocenters. The summed E-state index contributed by atoms with van der Waals surface area (Å²) in [7, 11) is 0. The van der Waals surface area contributed by atoms with E-state index in [1.54, 1.807) is 16.9 Å². The fourth-order valence-electron chi connectivity index (χ4n) is 3.66. The van der Waals surface area contributed by atoms with Crippen LogP contribution < -0.4 is 16.0 Å². The van der Waals surface area contributed by atoms with Crippen LogP contribution in [-0.2, 0) is 6.54 Å². The number of nitrogens with one attached hydrogen (secondary N) is 1. The SMILES string of the molecule is NC1CCN(c2nc(NCc3ccccc3-n3cccn3)n3ncc(Cl)c3n2)CC1. The lowest BCUT2D eigenvalue weighted by molar-refractivity contribution is 0.495. The highest BCUT2D eigenvalue weighted by atomic mass is 35.5. The molecule has 0 aliphatic carbocycles. The number of para-hydroxylation sites is 1. The van der Waals surface area contributed by atoms with Crippen molar-refractivity contribution in [3.63, 3.8) is 0 Å². The summed E-state index contributed by atoms with van der Waals surface area (Å²) in [4.78, 5) is 11.5. The Morgan fingerprint density at radius 2 is 1.93 bits per heavy atom. The molecule has 4 aromatic rings. The van der Waals surface area contributed by atoms with E-state index in [2.05, 4.69) is 31.5 Å². The zero-order valence-corrected chi connectivity index (χ0v) is 17.1. The minimum atomic E-state index is 0.236. The van der Waals surface area contributed by atoms with Crippen LogP contribution in [0.1, 0.15) is 18.4 Å². The zero-order valence-electron chi connectivity index (χ0n) is 16.3. The Labute approximate surface area is 178 Å². The number of nitrogens with two attached hydrogens (primary N) is 1. The molecule has 1 aromatic carbocycles. The second kappa shape index (κ2) is 7.92. The lowest BCUT2D eigenvalue weighted by Gasteiger charge is -2.30. The van der Waals surface area contributed by atoms with Gasteiger partial charge in [-0.1, -0.05) is 29.8 Å². The second-order valence-corrected chi connectivity index (χ2v) is 7.74. The number of anilines is 2. The third-order valence-corrected chi connectivity index (χ3v) is 5.58. The molecule has 154 valence electrons. The van der Waals surface area contributed by atoms with Crippen LogP contribution in [0.4, 0.5) is 11.9 Å². The van der Waals surface area contributed by atoms with Crippen LogP contribution in [0.15, 0.2) is 48.9 Å². The summed E-state index contributed by atoms with van der Waals surface area (Å²) in [5.41, 5.74) is 8.71. The number of aromatic nitrogens is 6. The molecule has 10 heteroatoms. The van der Waals surface area contributed by atoms with Crippen molar-refractivity contribution in [3.8, 4) is 5.69 Å². The molecule has 1 saturated heterocycles. The minimum Gasteiger partial charge on any atom is -0.350 e. The molecule has 3 N–H and O–H groups in total. The van der Waals surface area contributed by atoms with Crippen molar-refractivity contribution in [1.82, 2.24) is 29.4 Å². The third kappa shape index (κ3) is 3.57. The molecule has 1 aliphatic rings. The third-order valence-electron chi connectivity index (χ3n) is 5.32. The summed E-state index contributed by atoms with van der Waals surface area (Å²) in [6, 6.07) is 10.2. The fourth-order valence-corrected chi connectivity index (χ4v) is 3.83. The predicted octanol–water partition coefficient (Wildman–Crippen LogP) is 2.50. The lowest BCUT2D eigenvalue weighted by Crippen LogP contribution is -2.40. The molecule has 0 amide bonds. The van der Waals surface area contributed by atoms with Gasteiger partial charge >= 0.3 is 0 Å². The first-order valence-corrected chi connectivity index (χ1v) is 10.3. The standard InChI is InChI=1S/C20H22ClN9/c21-16-13-25-30-18(16)26-20(28-10-6-15(22)7-11-28)27-19(30)23-12-14-4-1-2-5-17(14)29-9-3-8-24-29/h1-5,8-9,13,15H,6-7,10-12,22H2,(H,23,26,27). The first kappa shape index (κ1) is 18.8. The summed E-state index contributed by atoms with van der Waals surface area (Å²) in [6.07, 6.45) is 7.11. The van der Waals surface area contributed by atoms with Gasteiger partial charge in [0.25, 0.3) is 0 Å². The van der Waals surface area contributed by atoms with Crippen LogP contribution in [-0.4, -0.2) is 48.5 Å². The van der Waals surface area contributed by atoms with E-state index in [1.807, 2.05) is 35.1 Å². The van der Waals surface area contributed by atoms with Crippen LogP contribution in [0.5, 0.6) is 0 Å². The van der Waals surface area contributed by atoms with Crippen LogP contribution in [0.25, 0.3) is 11.3 Å². The number of piperidine rings is 1. The minimum absolute atomic E-state index is 0.236. The Kier molecular flexibility index (Phi) is 4.97. The first-order valence-electron chi connectivity index (χ1n) is 9.92. The fraction of sp³-hybridized carbons (Fsp3) is 0.300. The highest BCUT2D eigenvalue weighted by Gasteiger charge is 2.21. The Morgan fingerprint density at radius 1 is 1.10 bits per heavy atom. The molecule has 9 nitrogen and oxygen atoms in total. The molecule has 30 heavy (non-hydrogen) atoms. The highest BCUT2D eigenvalue weighted by Crippen LogP contribution is 2.24. The van der Waals surface area contributed by atoms with Gasteiger partial charge in [0, 0.05) is 38.1 Å². The number of fused-ring (bicyclic) bond motifs is 1. The maximum atomic E-state index is 6.34. The Balaban J connectivity index is 1.46. The van der Waals surface area contributed by atoms with E-state index in [9.17, 15) is 0 Å². The van der Waals surface area contributed by atoms with Gasteiger partial charge < -0.3 is 16.0 Å². The Hall–Kier alpha value is -3.17. The summed E-state index contributed by atoms with van der Waals surface area (Å²) in [5, 5.41) is 12.6. The van der Waals surface area contributed by atoms with Crippen molar-refractivity contribution in [2.24, 2.45) is 5.73 Å². The average Bonchev–Trinajstić information content (AvgIpc) is 3.43. The molecule has 0 bridgehead atoms. The lowest BCUT2D eigenvalue weighted by atomic mass is 10.1. The summed E-state index contributed by atoms with van der Waals surface area (Å²) < 4.78 is 3.48. The summed E-state index contributed by atoms with van der Waals surface area (Å²) in [6.45, 7) is 2.19. The van der Waals surface area contributed by atoms with Gasteiger partial charge in [-0.2, -0.15) is 24.7 Å². The monoisotopic (exact) mass is 423 g/mol. The summed E-state index contributed by atoms with van der Waals surface area (Å²) >= 11 is 6.34. The molecule has 0 saturated carbocycles. The average molecular weight is 424 g/mol. The molecule has 4 heterocycles. The van der Waals surface area contributed by atoms with E-state index in [0.717, 1.165) is 37.2 Å². The van der Waals surface area contributed by atoms with Crippen molar-refractivity contribution in [2.45, 2.75) is 25.4 Å². The van der Waals surface area contributed by atoms with Gasteiger partial charge in [-0.05, 0) is 30.5 Å². The van der Waals surface area contributed by atoms with E-state index in [-0.39, 0.29) is 6.04 Å². The molecule has 0 atom stereocenters. The van der Waals surface area contributed by atoms with Gasteiger partial charge in [-0.15, -0.1) is 0 Å². The smallest absolute Gasteiger partial charge is 0.230 e. The van der Waals surface area contributed by atoms with Gasteiger partial charge in [0.05, 0.1) is 11.9 Å². The van der Waals surface area contributed by atoms with Gasteiger partial charge in [0.15, 0.2) is 5.65 Å². The van der Waals surface area contributed by atoms with Crippen LogP contribution in [0.3, 0.4) is 0 Å². The Bertz CT molecular complexity index is 1150. The van der Waals surface area contributed by atoms with Crippen molar-refractivity contribution >= 4 is 29.1 Å². The van der Waals surface area contributed by atoms with Gasteiger partial charge in [0.2, 0.25) is 11.9 Å². The van der Waals surface area contributed by atoms with Crippen LogP contribution in [0.2, 0.25) is 5.02 Å². The van der Waals surface area contributed by atoms with Crippen molar-refractivity contribution < 1.29 is 0 Å². The molecule has 1 aliphatic heterocycles. The maximum absolute atomic E-state index is 6.34. The number of nitrogens with zero attached hydrogens (tertiary/aromatic N) is 7. The molecular weight excluding hydrogens is 402 g/mol. The normalized spacial score (nSPS) is 15.1. The van der Waals surface area contributed by atoms with Crippen LogP contribution in [0, 0.1) is 0 Å². The van der Waals surface area contributed by atoms with E-state index in [4.69, 9.17) is 22.3 Å². The number of rotatable bonds is 5. The Morgan fingerprint density at radius 3 is 2.73 bits per heavy atom. The molecule has 3 aromatic heterocycles. The second-order valence-electron chi connectivity index (χ2n) is 7.33. The van der Waals surface area contributed by atoms with Crippen LogP contribution >= 0.6 is 11.6 Å². The largest absolute Gasteiger partial charge is 0.350 e. The molecule has 1 fully saturated rings. The maximum Gasteiger partial charge on any atom is 0.230 e. The van der Waals surface area contributed by atoms with E-state index in [1.165, 1.54) is 0 Å². The van der Waals surface area contributed by atoms with Crippen molar-refractivity contribution in [2.75, 3.05) is 23.3 Å². The molecule has 0 radical (unpaired) electrons. The zero-order chi connectivity index (χ0) is 20.5. The van der Waals surface area contributed by atoms with E-state index >= 15 is 0 Å². The topological polar surface area (TPSA) is 102 Å².